The molecule has 1 aromatic rings. The molecule has 1 saturated heterocycles. The van der Waals surface area contributed by atoms with E-state index in [-0.39, 0.29) is 17.9 Å². The standard InChI is InChI=1S/C16H17F3N2O4/c1-2-13(22)20-10-5-3-4-9(6-10)14(23)21-7-11(15(24)25)12(8-21)16(17,18)19/h3-6,11-12H,2,7-8H2,1H3,(H,20,22)(H,24,25)/t11-,12-/m1/s1. The second-order valence-electron chi connectivity index (χ2n) is 5.79. The number of rotatable bonds is 4. The lowest BCUT2D eigenvalue weighted by molar-refractivity contribution is -0.187. The molecule has 0 bridgehead atoms. The van der Waals surface area contributed by atoms with Crippen molar-refractivity contribution in [3.63, 3.8) is 0 Å². The van der Waals surface area contributed by atoms with Crippen molar-refractivity contribution in [1.29, 1.82) is 0 Å². The maximum atomic E-state index is 13.0. The number of nitrogens with zero attached hydrogens (tertiary/aromatic N) is 1. The summed E-state index contributed by atoms with van der Waals surface area (Å²) in [5.74, 6) is -6.34. The van der Waals surface area contributed by atoms with Crippen LogP contribution in [0, 0.1) is 11.8 Å². The molecule has 0 saturated carbocycles. The van der Waals surface area contributed by atoms with Crippen molar-refractivity contribution in [2.75, 3.05) is 18.4 Å². The number of amides is 2. The van der Waals surface area contributed by atoms with Gasteiger partial charge in [0.05, 0.1) is 11.8 Å². The van der Waals surface area contributed by atoms with E-state index < -0.39 is 43.0 Å². The van der Waals surface area contributed by atoms with Crippen LogP contribution in [0.4, 0.5) is 18.9 Å². The first kappa shape index (κ1) is 18.8. The molecule has 6 nitrogen and oxygen atoms in total. The maximum absolute atomic E-state index is 13.0. The zero-order valence-corrected chi connectivity index (χ0v) is 13.3. The normalized spacial score (nSPS) is 20.4. The number of aliphatic carboxylic acids is 1. The highest BCUT2D eigenvalue weighted by atomic mass is 19.4. The molecular weight excluding hydrogens is 341 g/mol. The summed E-state index contributed by atoms with van der Waals surface area (Å²) in [4.78, 5) is 35.8. The van der Waals surface area contributed by atoms with Gasteiger partial charge in [-0.1, -0.05) is 13.0 Å². The van der Waals surface area contributed by atoms with Gasteiger partial charge in [0.1, 0.15) is 0 Å². The third-order valence-electron chi connectivity index (χ3n) is 4.06. The molecule has 0 unspecified atom stereocenters. The van der Waals surface area contributed by atoms with Gasteiger partial charge >= 0.3 is 12.1 Å². The first-order valence-corrected chi connectivity index (χ1v) is 7.62. The Hall–Kier alpha value is -2.58. The first-order valence-electron chi connectivity index (χ1n) is 7.62. The fourth-order valence-corrected chi connectivity index (χ4v) is 2.71. The van der Waals surface area contributed by atoms with Crippen LogP contribution >= 0.6 is 0 Å². The smallest absolute Gasteiger partial charge is 0.394 e. The number of halogens is 3. The van der Waals surface area contributed by atoms with Crippen molar-refractivity contribution in [3.8, 4) is 0 Å². The lowest BCUT2D eigenvalue weighted by Gasteiger charge is -2.18. The number of carboxylic acids is 1. The Morgan fingerprint density at radius 1 is 1.28 bits per heavy atom. The predicted molar refractivity (Wildman–Crippen MR) is 81.9 cm³/mol. The molecule has 1 aliphatic rings. The molecular formula is C16H17F3N2O4. The zero-order valence-electron chi connectivity index (χ0n) is 13.3. The van der Waals surface area contributed by atoms with E-state index in [1.54, 1.807) is 13.0 Å². The summed E-state index contributed by atoms with van der Waals surface area (Å²) in [5.41, 5.74) is 0.430. The van der Waals surface area contributed by atoms with Gasteiger partial charge in [0.25, 0.3) is 5.91 Å². The number of alkyl halides is 3. The number of nitrogens with one attached hydrogen (secondary N) is 1. The lowest BCUT2D eigenvalue weighted by atomic mass is 9.96. The second kappa shape index (κ2) is 7.12. The largest absolute Gasteiger partial charge is 0.481 e. The molecule has 2 atom stereocenters. The fraction of sp³-hybridized carbons (Fsp3) is 0.438. The van der Waals surface area contributed by atoms with E-state index in [9.17, 15) is 27.6 Å². The molecule has 0 spiro atoms. The number of carbonyl (C=O) groups excluding carboxylic acids is 2. The van der Waals surface area contributed by atoms with Crippen molar-refractivity contribution in [3.05, 3.63) is 29.8 Å². The van der Waals surface area contributed by atoms with E-state index in [0.29, 0.717) is 5.69 Å². The minimum atomic E-state index is -4.70. The van der Waals surface area contributed by atoms with Crippen LogP contribution in [0.3, 0.4) is 0 Å². The van der Waals surface area contributed by atoms with Crippen molar-refractivity contribution >= 4 is 23.5 Å². The highest BCUT2D eigenvalue weighted by Crippen LogP contribution is 2.38. The van der Waals surface area contributed by atoms with Gasteiger partial charge in [-0.3, -0.25) is 14.4 Å². The van der Waals surface area contributed by atoms with E-state index in [4.69, 9.17) is 5.11 Å². The Labute approximate surface area is 141 Å². The average molecular weight is 358 g/mol. The lowest BCUT2D eigenvalue weighted by Crippen LogP contribution is -2.34. The third-order valence-corrected chi connectivity index (χ3v) is 4.06. The molecule has 1 heterocycles. The van der Waals surface area contributed by atoms with Crippen LogP contribution in [0.15, 0.2) is 24.3 Å². The summed E-state index contributed by atoms with van der Waals surface area (Å²) in [6, 6.07) is 5.80. The molecule has 2 amide bonds. The van der Waals surface area contributed by atoms with E-state index in [1.807, 2.05) is 0 Å². The number of anilines is 1. The predicted octanol–water partition coefficient (Wildman–Crippen LogP) is 2.37. The fourth-order valence-electron chi connectivity index (χ4n) is 2.71. The van der Waals surface area contributed by atoms with Crippen LogP contribution in [-0.4, -0.2) is 47.1 Å². The van der Waals surface area contributed by atoms with Crippen molar-refractivity contribution in [2.45, 2.75) is 19.5 Å². The number of hydrogen-bond acceptors (Lipinski definition) is 3. The average Bonchev–Trinajstić information content (AvgIpc) is 3.00. The van der Waals surface area contributed by atoms with Crippen LogP contribution in [0.25, 0.3) is 0 Å². The van der Waals surface area contributed by atoms with Gasteiger partial charge in [-0.15, -0.1) is 0 Å². The number of hydrogen-bond donors (Lipinski definition) is 2. The third kappa shape index (κ3) is 4.28. The Morgan fingerprint density at radius 3 is 2.48 bits per heavy atom. The molecule has 2 N–H and O–H groups in total. The van der Waals surface area contributed by atoms with Gasteiger partial charge in [0.15, 0.2) is 0 Å². The molecule has 0 radical (unpaired) electrons. The van der Waals surface area contributed by atoms with Gasteiger partial charge in [0.2, 0.25) is 5.91 Å². The van der Waals surface area contributed by atoms with E-state index >= 15 is 0 Å². The number of carboxylic acid groups (broad SMARTS) is 1. The van der Waals surface area contributed by atoms with Crippen LogP contribution in [0.1, 0.15) is 23.7 Å². The molecule has 1 aromatic carbocycles. The summed E-state index contributed by atoms with van der Waals surface area (Å²) < 4.78 is 39.0. The van der Waals surface area contributed by atoms with E-state index in [1.165, 1.54) is 18.2 Å². The van der Waals surface area contributed by atoms with Crippen molar-refractivity contribution in [2.24, 2.45) is 11.8 Å². The molecule has 0 aromatic heterocycles. The molecule has 9 heteroatoms. The number of carbonyl (C=O) groups is 3. The SMILES string of the molecule is CCC(=O)Nc1cccc(C(=O)N2C[C@@H](C(F)(F)F)[C@H](C(=O)O)C2)c1. The highest BCUT2D eigenvalue weighted by molar-refractivity contribution is 5.97. The Morgan fingerprint density at radius 2 is 1.96 bits per heavy atom. The molecule has 136 valence electrons. The molecule has 1 fully saturated rings. The summed E-state index contributed by atoms with van der Waals surface area (Å²) >= 11 is 0. The van der Waals surface area contributed by atoms with Gasteiger partial charge in [-0.2, -0.15) is 13.2 Å². The Kier molecular flexibility index (Phi) is 5.34. The Balaban J connectivity index is 2.19. The topological polar surface area (TPSA) is 86.7 Å². The van der Waals surface area contributed by atoms with Crippen LogP contribution in [0.5, 0.6) is 0 Å². The second-order valence-corrected chi connectivity index (χ2v) is 5.79. The molecule has 1 aliphatic heterocycles. The number of likely N-dealkylation sites (tertiary alicyclic amines) is 1. The summed E-state index contributed by atoms with van der Waals surface area (Å²) in [6.07, 6.45) is -4.47. The minimum Gasteiger partial charge on any atom is -0.481 e. The monoisotopic (exact) mass is 358 g/mol. The van der Waals surface area contributed by atoms with Crippen LogP contribution < -0.4 is 5.32 Å². The zero-order chi connectivity index (χ0) is 18.8. The quantitative estimate of drug-likeness (QED) is 0.865. The highest BCUT2D eigenvalue weighted by Gasteiger charge is 2.53. The van der Waals surface area contributed by atoms with Crippen molar-refractivity contribution < 1.29 is 32.7 Å². The van der Waals surface area contributed by atoms with Crippen LogP contribution in [0.2, 0.25) is 0 Å². The first-order chi connectivity index (χ1) is 11.6. The molecule has 25 heavy (non-hydrogen) atoms. The number of benzene rings is 1. The van der Waals surface area contributed by atoms with Gasteiger partial charge in [0, 0.05) is 30.8 Å². The van der Waals surface area contributed by atoms with Crippen molar-refractivity contribution in [1.82, 2.24) is 4.90 Å². The minimum absolute atomic E-state index is 0.0841. The Bertz CT molecular complexity index is 690. The summed E-state index contributed by atoms with van der Waals surface area (Å²) in [5, 5.41) is 11.6. The van der Waals surface area contributed by atoms with Gasteiger partial charge < -0.3 is 15.3 Å². The summed E-state index contributed by atoms with van der Waals surface area (Å²) in [7, 11) is 0. The van der Waals surface area contributed by atoms with E-state index in [2.05, 4.69) is 5.32 Å². The van der Waals surface area contributed by atoms with Crippen LogP contribution in [-0.2, 0) is 9.59 Å². The summed E-state index contributed by atoms with van der Waals surface area (Å²) in [6.45, 7) is 0.437. The molecule has 2 rings (SSSR count). The van der Waals surface area contributed by atoms with Gasteiger partial charge in [-0.25, -0.2) is 0 Å². The molecule has 0 aliphatic carbocycles. The van der Waals surface area contributed by atoms with E-state index in [0.717, 1.165) is 4.90 Å². The maximum Gasteiger partial charge on any atom is 0.394 e. The van der Waals surface area contributed by atoms with Gasteiger partial charge in [-0.05, 0) is 18.2 Å².